The van der Waals surface area contributed by atoms with E-state index in [2.05, 4.69) is 15.6 Å². The van der Waals surface area contributed by atoms with E-state index in [1.807, 2.05) is 6.92 Å². The van der Waals surface area contributed by atoms with E-state index in [4.69, 9.17) is 0 Å². The standard InChI is InChI=1S/C12H19F2N3O/c1-4-12(3,18)7-16-11-9(14)6-8(13)10(17-11)15-5-2/h6,18H,4-5,7H2,1-3H3,(H2,15,16,17). The van der Waals surface area contributed by atoms with Gasteiger partial charge in [-0.1, -0.05) is 6.92 Å². The molecule has 4 nitrogen and oxygen atoms in total. The average molecular weight is 259 g/mol. The summed E-state index contributed by atoms with van der Waals surface area (Å²) in [6, 6.07) is 0.772. The van der Waals surface area contributed by atoms with E-state index in [0.29, 0.717) is 13.0 Å². The second-order valence-corrected chi connectivity index (χ2v) is 4.38. The van der Waals surface area contributed by atoms with Crippen LogP contribution in [0.3, 0.4) is 0 Å². The first kappa shape index (κ1) is 14.6. The molecule has 1 aromatic heterocycles. The fourth-order valence-electron chi connectivity index (χ4n) is 1.28. The van der Waals surface area contributed by atoms with Crippen molar-refractivity contribution in [3.05, 3.63) is 17.7 Å². The zero-order chi connectivity index (χ0) is 13.8. The van der Waals surface area contributed by atoms with Crippen LogP contribution in [0.15, 0.2) is 6.07 Å². The van der Waals surface area contributed by atoms with Crippen LogP contribution in [-0.4, -0.2) is 28.8 Å². The van der Waals surface area contributed by atoms with Gasteiger partial charge in [0.05, 0.1) is 5.60 Å². The van der Waals surface area contributed by atoms with Crippen molar-refractivity contribution in [2.75, 3.05) is 23.7 Å². The molecule has 0 aliphatic rings. The summed E-state index contributed by atoms with van der Waals surface area (Å²) in [5.74, 6) is -1.58. The molecule has 0 saturated carbocycles. The first-order valence-corrected chi connectivity index (χ1v) is 5.95. The molecule has 0 spiro atoms. The molecule has 0 aliphatic heterocycles. The van der Waals surface area contributed by atoms with Gasteiger partial charge in [-0.15, -0.1) is 0 Å². The smallest absolute Gasteiger partial charge is 0.168 e. The van der Waals surface area contributed by atoms with Gasteiger partial charge in [-0.2, -0.15) is 0 Å². The molecule has 102 valence electrons. The number of nitrogens with one attached hydrogen (secondary N) is 2. The number of hydrogen-bond acceptors (Lipinski definition) is 4. The third kappa shape index (κ3) is 3.80. The molecule has 1 atom stereocenters. The molecule has 1 heterocycles. The lowest BCUT2D eigenvalue weighted by atomic mass is 10.0. The molecule has 0 bridgehead atoms. The minimum absolute atomic E-state index is 0.00228. The number of rotatable bonds is 6. The second-order valence-electron chi connectivity index (χ2n) is 4.38. The minimum Gasteiger partial charge on any atom is -0.388 e. The molecule has 0 aliphatic carbocycles. The maximum atomic E-state index is 13.5. The van der Waals surface area contributed by atoms with Gasteiger partial charge in [0.1, 0.15) is 0 Å². The second kappa shape index (κ2) is 5.95. The largest absolute Gasteiger partial charge is 0.388 e. The molecule has 6 heteroatoms. The summed E-state index contributed by atoms with van der Waals surface area (Å²) in [5, 5.41) is 15.2. The van der Waals surface area contributed by atoms with Gasteiger partial charge < -0.3 is 15.7 Å². The summed E-state index contributed by atoms with van der Waals surface area (Å²) in [7, 11) is 0. The minimum atomic E-state index is -0.957. The summed E-state index contributed by atoms with van der Waals surface area (Å²) in [4.78, 5) is 3.82. The molecule has 18 heavy (non-hydrogen) atoms. The third-order valence-electron chi connectivity index (χ3n) is 2.67. The number of halogens is 2. The number of nitrogens with zero attached hydrogens (tertiary/aromatic N) is 1. The Labute approximate surface area is 105 Å². The Morgan fingerprint density at radius 3 is 2.28 bits per heavy atom. The molecule has 1 aromatic rings. The Morgan fingerprint density at radius 2 is 1.78 bits per heavy atom. The van der Waals surface area contributed by atoms with Gasteiger partial charge in [0.25, 0.3) is 0 Å². The Bertz CT molecular complexity index is 411. The lowest BCUT2D eigenvalue weighted by Gasteiger charge is -2.22. The molecule has 3 N–H and O–H groups in total. The summed E-state index contributed by atoms with van der Waals surface area (Å²) in [6.07, 6.45) is 0.517. The number of aromatic nitrogens is 1. The molecule has 1 rings (SSSR count). The fourth-order valence-corrected chi connectivity index (χ4v) is 1.28. The van der Waals surface area contributed by atoms with Crippen molar-refractivity contribution in [1.82, 2.24) is 4.98 Å². The first-order valence-electron chi connectivity index (χ1n) is 5.95. The van der Waals surface area contributed by atoms with Gasteiger partial charge in [-0.05, 0) is 20.3 Å². The van der Waals surface area contributed by atoms with Crippen LogP contribution >= 0.6 is 0 Å². The van der Waals surface area contributed by atoms with Gasteiger partial charge in [-0.3, -0.25) is 0 Å². The van der Waals surface area contributed by atoms with Crippen molar-refractivity contribution in [3.8, 4) is 0 Å². The van der Waals surface area contributed by atoms with E-state index in [9.17, 15) is 13.9 Å². The number of aliphatic hydroxyl groups is 1. The summed E-state index contributed by atoms with van der Waals surface area (Å²) in [5.41, 5.74) is -0.957. The maximum Gasteiger partial charge on any atom is 0.168 e. The highest BCUT2D eigenvalue weighted by Crippen LogP contribution is 2.20. The van der Waals surface area contributed by atoms with Gasteiger partial charge in [0.2, 0.25) is 0 Å². The van der Waals surface area contributed by atoms with Gasteiger partial charge in [0, 0.05) is 19.2 Å². The van der Waals surface area contributed by atoms with Crippen LogP contribution in [0.2, 0.25) is 0 Å². The molecule has 1 unspecified atom stereocenters. The van der Waals surface area contributed by atoms with Gasteiger partial charge >= 0.3 is 0 Å². The Morgan fingerprint density at radius 1 is 1.22 bits per heavy atom. The van der Waals surface area contributed by atoms with E-state index in [1.165, 1.54) is 0 Å². The lowest BCUT2D eigenvalue weighted by Crippen LogP contribution is -2.33. The Balaban J connectivity index is 2.85. The van der Waals surface area contributed by atoms with Crippen LogP contribution in [0, 0.1) is 11.6 Å². The van der Waals surface area contributed by atoms with E-state index < -0.39 is 17.2 Å². The highest BCUT2D eigenvalue weighted by molar-refractivity contribution is 5.47. The van der Waals surface area contributed by atoms with E-state index in [1.54, 1.807) is 13.8 Å². The van der Waals surface area contributed by atoms with Crippen molar-refractivity contribution < 1.29 is 13.9 Å². The van der Waals surface area contributed by atoms with E-state index in [0.717, 1.165) is 6.07 Å². The van der Waals surface area contributed by atoms with Gasteiger partial charge in [-0.25, -0.2) is 13.8 Å². The summed E-state index contributed by atoms with van der Waals surface area (Å²) >= 11 is 0. The van der Waals surface area contributed by atoms with Crippen LogP contribution in [-0.2, 0) is 0 Å². The third-order valence-corrected chi connectivity index (χ3v) is 2.67. The summed E-state index contributed by atoms with van der Waals surface area (Å²) < 4.78 is 26.8. The van der Waals surface area contributed by atoms with Gasteiger partial charge in [0.15, 0.2) is 23.3 Å². The highest BCUT2D eigenvalue weighted by Gasteiger charge is 2.19. The topological polar surface area (TPSA) is 57.2 Å². The molecule has 0 amide bonds. The van der Waals surface area contributed by atoms with Crippen molar-refractivity contribution >= 4 is 11.6 Å². The Kier molecular flexibility index (Phi) is 4.84. The highest BCUT2D eigenvalue weighted by atomic mass is 19.1. The van der Waals surface area contributed by atoms with Crippen LogP contribution in [0.4, 0.5) is 20.4 Å². The number of pyridine rings is 1. The first-order chi connectivity index (χ1) is 8.39. The van der Waals surface area contributed by atoms with Crippen molar-refractivity contribution in [2.24, 2.45) is 0 Å². The zero-order valence-corrected chi connectivity index (χ0v) is 10.8. The molecular formula is C12H19F2N3O. The predicted octanol–water partition coefficient (Wildman–Crippen LogP) is 2.36. The van der Waals surface area contributed by atoms with Crippen molar-refractivity contribution in [2.45, 2.75) is 32.8 Å². The quantitative estimate of drug-likeness (QED) is 0.734. The number of hydrogen-bond donors (Lipinski definition) is 3. The fraction of sp³-hybridized carbons (Fsp3) is 0.583. The monoisotopic (exact) mass is 259 g/mol. The van der Waals surface area contributed by atoms with Crippen molar-refractivity contribution in [3.63, 3.8) is 0 Å². The molecule has 0 fully saturated rings. The molecular weight excluding hydrogens is 240 g/mol. The van der Waals surface area contributed by atoms with Crippen LogP contribution in [0.5, 0.6) is 0 Å². The zero-order valence-electron chi connectivity index (χ0n) is 10.8. The molecule has 0 saturated heterocycles. The lowest BCUT2D eigenvalue weighted by molar-refractivity contribution is 0.0696. The average Bonchev–Trinajstić information content (AvgIpc) is 2.31. The normalized spacial score (nSPS) is 14.1. The summed E-state index contributed by atoms with van der Waals surface area (Å²) in [6.45, 7) is 5.87. The molecule has 0 aromatic carbocycles. The predicted molar refractivity (Wildman–Crippen MR) is 67.7 cm³/mol. The van der Waals surface area contributed by atoms with E-state index >= 15 is 0 Å². The number of anilines is 2. The van der Waals surface area contributed by atoms with Crippen molar-refractivity contribution in [1.29, 1.82) is 0 Å². The van der Waals surface area contributed by atoms with Crippen LogP contribution in [0.25, 0.3) is 0 Å². The maximum absolute atomic E-state index is 13.5. The van der Waals surface area contributed by atoms with Crippen LogP contribution < -0.4 is 10.6 Å². The SMILES string of the molecule is CCNc1nc(NCC(C)(O)CC)c(F)cc1F. The Hall–Kier alpha value is -1.43. The van der Waals surface area contributed by atoms with E-state index in [-0.39, 0.29) is 18.2 Å². The molecule has 0 radical (unpaired) electrons. The van der Waals surface area contributed by atoms with Crippen LogP contribution in [0.1, 0.15) is 27.2 Å².